The van der Waals surface area contributed by atoms with E-state index in [0.29, 0.717) is 22.0 Å². The van der Waals surface area contributed by atoms with Crippen LogP contribution in [0.3, 0.4) is 0 Å². The van der Waals surface area contributed by atoms with Gasteiger partial charge in [-0.3, -0.25) is 20.0 Å². The summed E-state index contributed by atoms with van der Waals surface area (Å²) in [4.78, 5) is 27.4. The maximum Gasteiger partial charge on any atom is 0.294 e. The van der Waals surface area contributed by atoms with Crippen molar-refractivity contribution >= 4 is 29.2 Å². The Morgan fingerprint density at radius 3 is 2.65 bits per heavy atom. The van der Waals surface area contributed by atoms with E-state index in [-0.39, 0.29) is 16.9 Å². The fourth-order valence-electron chi connectivity index (χ4n) is 2.48. The first-order chi connectivity index (χ1) is 12.4. The molecule has 0 atom stereocenters. The lowest BCUT2D eigenvalue weighted by molar-refractivity contribution is -0.384. The molecule has 0 saturated carbocycles. The van der Waals surface area contributed by atoms with Gasteiger partial charge < -0.3 is 0 Å². The predicted octanol–water partition coefficient (Wildman–Crippen LogP) is 4.09. The van der Waals surface area contributed by atoms with Gasteiger partial charge in [0.05, 0.1) is 16.2 Å². The zero-order valence-corrected chi connectivity index (χ0v) is 14.8. The number of nitro groups is 1. The number of nitro benzene ring substituents is 1. The maximum absolute atomic E-state index is 12.7. The molecule has 0 spiro atoms. The van der Waals surface area contributed by atoms with Crippen molar-refractivity contribution in [1.82, 2.24) is 9.78 Å². The highest BCUT2D eigenvalue weighted by Gasteiger charge is 2.14. The number of aliphatic imine (C=N–C) groups is 1. The summed E-state index contributed by atoms with van der Waals surface area (Å²) in [5.41, 5.74) is 2.16. The highest BCUT2D eigenvalue weighted by molar-refractivity contribution is 6.31. The summed E-state index contributed by atoms with van der Waals surface area (Å²) in [5.74, 6) is 0. The average Bonchev–Trinajstić information content (AvgIpc) is 2.90. The van der Waals surface area contributed by atoms with Gasteiger partial charge in [-0.25, -0.2) is 9.67 Å². The van der Waals surface area contributed by atoms with Crippen molar-refractivity contribution in [3.63, 3.8) is 0 Å². The van der Waals surface area contributed by atoms with Gasteiger partial charge in [0, 0.05) is 23.0 Å². The number of hydrogen-bond donors (Lipinski definition) is 1. The number of aromatic amines is 1. The summed E-state index contributed by atoms with van der Waals surface area (Å²) in [6.07, 6.45) is 1.34. The molecule has 1 aromatic heterocycles. The largest absolute Gasteiger partial charge is 0.295 e. The Hall–Kier alpha value is -3.19. The molecule has 0 aliphatic heterocycles. The number of para-hydroxylation sites is 2. The molecular formula is C18H15ClN4O3. The van der Waals surface area contributed by atoms with Crippen LogP contribution in [0.2, 0.25) is 5.02 Å². The van der Waals surface area contributed by atoms with Gasteiger partial charge in [0.1, 0.15) is 5.69 Å². The van der Waals surface area contributed by atoms with Crippen molar-refractivity contribution in [2.75, 3.05) is 0 Å². The first kappa shape index (κ1) is 17.6. The van der Waals surface area contributed by atoms with E-state index in [2.05, 4.69) is 10.1 Å². The van der Waals surface area contributed by atoms with Crippen LogP contribution in [0.1, 0.15) is 16.8 Å². The average molecular weight is 371 g/mol. The van der Waals surface area contributed by atoms with Crippen molar-refractivity contribution < 1.29 is 4.92 Å². The fourth-order valence-corrected chi connectivity index (χ4v) is 2.65. The number of rotatable bonds is 4. The Morgan fingerprint density at radius 2 is 1.96 bits per heavy atom. The second-order valence-corrected chi connectivity index (χ2v) is 6.14. The molecule has 132 valence electrons. The standard InChI is InChI=1S/C18H15ClN4O3/c1-11-7-8-13(9-15(11)19)22-18(24)14(12(2)21-22)10-20-16-5-3-4-6-17(16)23(25)26/h3-10,21H,1-2H3. The topological polar surface area (TPSA) is 93.3 Å². The molecule has 0 bridgehead atoms. The molecule has 0 aliphatic rings. The van der Waals surface area contributed by atoms with Crippen molar-refractivity contribution in [3.05, 3.63) is 84.8 Å². The monoisotopic (exact) mass is 370 g/mol. The number of nitrogens with zero attached hydrogens (tertiary/aromatic N) is 3. The molecule has 0 unspecified atom stereocenters. The van der Waals surface area contributed by atoms with E-state index in [1.165, 1.54) is 23.0 Å². The molecule has 1 heterocycles. The van der Waals surface area contributed by atoms with Gasteiger partial charge in [0.2, 0.25) is 0 Å². The molecule has 8 heteroatoms. The molecule has 0 fully saturated rings. The molecule has 26 heavy (non-hydrogen) atoms. The van der Waals surface area contributed by atoms with Gasteiger partial charge in [-0.05, 0) is 37.6 Å². The molecular weight excluding hydrogens is 356 g/mol. The molecule has 2 aromatic carbocycles. The van der Waals surface area contributed by atoms with E-state index in [4.69, 9.17) is 11.6 Å². The van der Waals surface area contributed by atoms with Crippen molar-refractivity contribution in [3.8, 4) is 5.69 Å². The van der Waals surface area contributed by atoms with E-state index in [9.17, 15) is 14.9 Å². The van der Waals surface area contributed by atoms with Crippen LogP contribution < -0.4 is 5.56 Å². The van der Waals surface area contributed by atoms with E-state index in [1.807, 2.05) is 13.0 Å². The Labute approximate surface area is 153 Å². The smallest absolute Gasteiger partial charge is 0.294 e. The Bertz CT molecular complexity index is 1080. The minimum atomic E-state index is -0.511. The quantitative estimate of drug-likeness (QED) is 0.425. The number of hydrogen-bond acceptors (Lipinski definition) is 4. The van der Waals surface area contributed by atoms with Gasteiger partial charge in [-0.15, -0.1) is 0 Å². The van der Waals surface area contributed by atoms with E-state index < -0.39 is 4.92 Å². The lowest BCUT2D eigenvalue weighted by Gasteiger charge is -2.04. The number of aromatic nitrogens is 2. The van der Waals surface area contributed by atoms with Gasteiger partial charge in [0.25, 0.3) is 11.2 Å². The summed E-state index contributed by atoms with van der Waals surface area (Å²) < 4.78 is 1.36. The Balaban J connectivity index is 2.03. The second-order valence-electron chi connectivity index (χ2n) is 5.73. The minimum Gasteiger partial charge on any atom is -0.295 e. The van der Waals surface area contributed by atoms with E-state index >= 15 is 0 Å². The van der Waals surface area contributed by atoms with Crippen LogP contribution in [0.25, 0.3) is 5.69 Å². The van der Waals surface area contributed by atoms with Gasteiger partial charge in [-0.2, -0.15) is 0 Å². The molecule has 7 nitrogen and oxygen atoms in total. The third-order valence-corrected chi connectivity index (χ3v) is 4.35. The lowest BCUT2D eigenvalue weighted by atomic mass is 10.2. The number of halogens is 1. The molecule has 3 rings (SSSR count). The normalized spacial score (nSPS) is 11.2. The van der Waals surface area contributed by atoms with E-state index in [0.717, 1.165) is 5.56 Å². The summed E-state index contributed by atoms with van der Waals surface area (Å²) in [5, 5.41) is 14.6. The molecule has 3 aromatic rings. The zero-order chi connectivity index (χ0) is 18.8. The Morgan fingerprint density at radius 1 is 1.23 bits per heavy atom. The first-order valence-corrected chi connectivity index (χ1v) is 8.12. The minimum absolute atomic E-state index is 0.123. The second kappa shape index (κ2) is 6.97. The molecule has 0 amide bonds. The summed E-state index contributed by atoms with van der Waals surface area (Å²) in [6.45, 7) is 3.61. The molecule has 0 radical (unpaired) electrons. The van der Waals surface area contributed by atoms with Crippen LogP contribution in [0.15, 0.2) is 52.3 Å². The zero-order valence-electron chi connectivity index (χ0n) is 14.1. The fraction of sp³-hybridized carbons (Fsp3) is 0.111. The third kappa shape index (κ3) is 3.29. The summed E-state index contributed by atoms with van der Waals surface area (Å²) in [7, 11) is 0. The number of benzene rings is 2. The maximum atomic E-state index is 12.7. The van der Waals surface area contributed by atoms with Gasteiger partial charge >= 0.3 is 0 Å². The van der Waals surface area contributed by atoms with Gasteiger partial charge in [0.15, 0.2) is 0 Å². The van der Waals surface area contributed by atoms with Crippen LogP contribution in [0, 0.1) is 24.0 Å². The van der Waals surface area contributed by atoms with Crippen LogP contribution in [0.4, 0.5) is 11.4 Å². The molecule has 0 aliphatic carbocycles. The first-order valence-electron chi connectivity index (χ1n) is 7.74. The van der Waals surface area contributed by atoms with Crippen LogP contribution in [-0.2, 0) is 0 Å². The number of nitrogens with one attached hydrogen (secondary N) is 1. The molecule has 0 saturated heterocycles. The summed E-state index contributed by atoms with van der Waals surface area (Å²) in [6, 6.07) is 11.4. The van der Waals surface area contributed by atoms with Crippen LogP contribution in [0.5, 0.6) is 0 Å². The SMILES string of the molecule is Cc1ccc(-n2[nH]c(C)c(C=Nc3ccccc3[N+](=O)[O-])c2=O)cc1Cl. The third-order valence-electron chi connectivity index (χ3n) is 3.94. The highest BCUT2D eigenvalue weighted by atomic mass is 35.5. The van der Waals surface area contributed by atoms with Crippen molar-refractivity contribution in [2.24, 2.45) is 4.99 Å². The molecule has 1 N–H and O–H groups in total. The van der Waals surface area contributed by atoms with Crippen LogP contribution in [-0.4, -0.2) is 20.9 Å². The van der Waals surface area contributed by atoms with E-state index in [1.54, 1.807) is 31.2 Å². The lowest BCUT2D eigenvalue weighted by Crippen LogP contribution is -2.17. The van der Waals surface area contributed by atoms with Crippen molar-refractivity contribution in [2.45, 2.75) is 13.8 Å². The van der Waals surface area contributed by atoms with Crippen molar-refractivity contribution in [1.29, 1.82) is 0 Å². The highest BCUT2D eigenvalue weighted by Crippen LogP contribution is 2.26. The summed E-state index contributed by atoms with van der Waals surface area (Å²) >= 11 is 6.13. The number of H-pyrrole nitrogens is 1. The predicted molar refractivity (Wildman–Crippen MR) is 101 cm³/mol. The van der Waals surface area contributed by atoms with Gasteiger partial charge in [-0.1, -0.05) is 29.8 Å². The van der Waals surface area contributed by atoms with Crippen LogP contribution >= 0.6 is 11.6 Å². The Kier molecular flexibility index (Phi) is 4.73. The number of aryl methyl sites for hydroxylation is 2.